The van der Waals surface area contributed by atoms with Gasteiger partial charge in [-0.15, -0.1) is 0 Å². The molecule has 8 aromatic carbocycles. The molecule has 0 aromatic heterocycles. The van der Waals surface area contributed by atoms with Crippen molar-refractivity contribution < 1.29 is 9.47 Å². The zero-order valence-corrected chi connectivity index (χ0v) is 32.8. The lowest BCUT2D eigenvalue weighted by atomic mass is 9.95. The van der Waals surface area contributed by atoms with Gasteiger partial charge in [0.05, 0.1) is 14.2 Å². The lowest BCUT2D eigenvalue weighted by molar-refractivity contribution is 0.413. The van der Waals surface area contributed by atoms with Crippen LogP contribution >= 0.6 is 0 Å². The topological polar surface area (TPSA) is 18.5 Å². The Bertz CT molecular complexity index is 2490. The number of hydrogen-bond acceptors (Lipinski definition) is 2. The first-order valence-electron chi connectivity index (χ1n) is 19.6. The zero-order valence-electron chi connectivity index (χ0n) is 32.8. The molecule has 8 aromatic rings. The molecule has 0 amide bonds. The van der Waals surface area contributed by atoms with Crippen LogP contribution in [0, 0.1) is 0 Å². The number of fused-ring (bicyclic) bond motifs is 1. The molecule has 0 radical (unpaired) electrons. The average molecular weight is 749 g/mol. The van der Waals surface area contributed by atoms with Crippen LogP contribution in [0.3, 0.4) is 0 Å². The minimum atomic E-state index is 0.821. The molecule has 280 valence electrons. The Kier molecular flexibility index (Phi) is 11.7. The summed E-state index contributed by atoms with van der Waals surface area (Å²) in [7, 11) is 3.47. The van der Waals surface area contributed by atoms with Gasteiger partial charge in [0.2, 0.25) is 0 Å². The summed E-state index contributed by atoms with van der Waals surface area (Å²) >= 11 is 0. The molecule has 0 aliphatic carbocycles. The molecule has 2 heteroatoms. The third kappa shape index (κ3) is 8.68. The average Bonchev–Trinajstić information content (AvgIpc) is 3.30. The van der Waals surface area contributed by atoms with Crippen LogP contribution in [0.5, 0.6) is 11.5 Å². The maximum atomic E-state index is 5.96. The summed E-state index contributed by atoms with van der Waals surface area (Å²) in [4.78, 5) is 0. The van der Waals surface area contributed by atoms with Gasteiger partial charge >= 0.3 is 0 Å². The number of methoxy groups -OCH3 is 2. The molecule has 0 fully saturated rings. The van der Waals surface area contributed by atoms with Crippen molar-refractivity contribution in [1.82, 2.24) is 0 Å². The van der Waals surface area contributed by atoms with Gasteiger partial charge in [-0.25, -0.2) is 0 Å². The molecule has 0 N–H and O–H groups in total. The molecule has 58 heavy (non-hydrogen) atoms. The molecule has 0 atom stereocenters. The zero-order chi connectivity index (χ0) is 39.5. The van der Waals surface area contributed by atoms with Gasteiger partial charge in [-0.1, -0.05) is 206 Å². The third-order valence-corrected chi connectivity index (χ3v) is 10.3. The van der Waals surface area contributed by atoms with Crippen molar-refractivity contribution in [2.24, 2.45) is 0 Å². The van der Waals surface area contributed by atoms with E-state index in [9.17, 15) is 0 Å². The van der Waals surface area contributed by atoms with Crippen LogP contribution in [0.4, 0.5) is 0 Å². The highest BCUT2D eigenvalue weighted by molar-refractivity contribution is 6.00. The smallest absolute Gasteiger partial charge is 0.126 e. The van der Waals surface area contributed by atoms with Gasteiger partial charge in [0.1, 0.15) is 11.5 Å². The van der Waals surface area contributed by atoms with E-state index in [-0.39, 0.29) is 0 Å². The first-order valence-corrected chi connectivity index (χ1v) is 19.6. The Morgan fingerprint density at radius 3 is 1.05 bits per heavy atom. The fourth-order valence-electron chi connectivity index (χ4n) is 7.40. The van der Waals surface area contributed by atoms with Crippen LogP contribution in [0.15, 0.2) is 194 Å². The monoisotopic (exact) mass is 748 g/mol. The minimum absolute atomic E-state index is 0.821. The molecule has 0 saturated heterocycles. The SMILES string of the molecule is COc1cc(/C=C/c2cccc3cccc(/C=C/c4ccc(C=C(c5ccccc5)c5ccccc5)c(OC)c4)c23)ccc1C=C(c1ccccc1)c1ccccc1. The summed E-state index contributed by atoms with van der Waals surface area (Å²) in [6, 6.07) is 67.7. The fourth-order valence-corrected chi connectivity index (χ4v) is 7.40. The Labute approximate surface area is 342 Å². The Balaban J connectivity index is 1.09. The van der Waals surface area contributed by atoms with Crippen molar-refractivity contribution in [1.29, 1.82) is 0 Å². The van der Waals surface area contributed by atoms with Crippen molar-refractivity contribution >= 4 is 58.4 Å². The number of rotatable bonds is 12. The molecule has 0 heterocycles. The summed E-state index contributed by atoms with van der Waals surface area (Å²) < 4.78 is 11.9. The fraction of sp³-hybridized carbons (Fsp3) is 0.0357. The summed E-state index contributed by atoms with van der Waals surface area (Å²) in [5, 5.41) is 2.38. The lowest BCUT2D eigenvalue weighted by Crippen LogP contribution is -1.92. The Morgan fingerprint density at radius 2 is 0.707 bits per heavy atom. The highest BCUT2D eigenvalue weighted by atomic mass is 16.5. The van der Waals surface area contributed by atoms with Crippen molar-refractivity contribution in [3.05, 3.63) is 250 Å². The van der Waals surface area contributed by atoms with Gasteiger partial charge in [0.25, 0.3) is 0 Å². The van der Waals surface area contributed by atoms with Gasteiger partial charge in [-0.3, -0.25) is 0 Å². The molecular formula is C56H44O2. The van der Waals surface area contributed by atoms with E-state index in [0.29, 0.717) is 0 Å². The van der Waals surface area contributed by atoms with Gasteiger partial charge < -0.3 is 9.47 Å². The molecule has 8 rings (SSSR count). The van der Waals surface area contributed by atoms with Gasteiger partial charge in [-0.2, -0.15) is 0 Å². The molecule has 0 spiro atoms. The summed E-state index contributed by atoms with van der Waals surface area (Å²) in [5.74, 6) is 1.64. The molecule has 0 aliphatic heterocycles. The maximum absolute atomic E-state index is 5.96. The predicted octanol–water partition coefficient (Wildman–Crippen LogP) is 14.4. The van der Waals surface area contributed by atoms with Crippen LogP contribution < -0.4 is 9.47 Å². The van der Waals surface area contributed by atoms with E-state index in [1.165, 1.54) is 10.8 Å². The molecule has 0 saturated carbocycles. The molecular weight excluding hydrogens is 705 g/mol. The first-order chi connectivity index (χ1) is 28.7. The second kappa shape index (κ2) is 18.0. The lowest BCUT2D eigenvalue weighted by Gasteiger charge is -2.12. The predicted molar refractivity (Wildman–Crippen MR) is 248 cm³/mol. The highest BCUT2D eigenvalue weighted by Gasteiger charge is 2.11. The summed E-state index contributed by atoms with van der Waals surface area (Å²) in [6.07, 6.45) is 13.2. The number of hydrogen-bond donors (Lipinski definition) is 0. The molecule has 0 unspecified atom stereocenters. The van der Waals surface area contributed by atoms with Gasteiger partial charge in [0.15, 0.2) is 0 Å². The normalized spacial score (nSPS) is 11.1. The number of ether oxygens (including phenoxy) is 2. The van der Waals surface area contributed by atoms with Crippen LogP contribution in [0.1, 0.15) is 55.6 Å². The van der Waals surface area contributed by atoms with Crippen LogP contribution in [0.25, 0.3) is 58.4 Å². The van der Waals surface area contributed by atoms with Crippen molar-refractivity contribution in [2.75, 3.05) is 14.2 Å². The summed E-state index contributed by atoms with van der Waals surface area (Å²) in [6.45, 7) is 0. The quantitative estimate of drug-likeness (QED) is 0.116. The van der Waals surface area contributed by atoms with Gasteiger partial charge in [-0.05, 0) is 90.7 Å². The van der Waals surface area contributed by atoms with E-state index >= 15 is 0 Å². The second-order valence-electron chi connectivity index (χ2n) is 14.0. The second-order valence-corrected chi connectivity index (χ2v) is 14.0. The van der Waals surface area contributed by atoms with E-state index in [0.717, 1.165) is 78.3 Å². The van der Waals surface area contributed by atoms with E-state index in [4.69, 9.17) is 9.47 Å². The Morgan fingerprint density at radius 1 is 0.345 bits per heavy atom. The van der Waals surface area contributed by atoms with E-state index < -0.39 is 0 Å². The highest BCUT2D eigenvalue weighted by Crippen LogP contribution is 2.33. The maximum Gasteiger partial charge on any atom is 0.126 e. The van der Waals surface area contributed by atoms with Gasteiger partial charge in [0, 0.05) is 11.1 Å². The van der Waals surface area contributed by atoms with Crippen LogP contribution in [-0.4, -0.2) is 14.2 Å². The standard InChI is InChI=1S/C56H44O2/c1-57-54-37-41(31-35-50(54)39-52(43-17-7-3-8-18-43)44-19-9-4-10-20-44)29-33-48-27-15-25-47-26-16-28-49(56(47)48)34-30-42-32-36-51(55(38-42)58-2)40-53(45-21-11-5-12-22-45)46-23-13-6-14-24-46/h3-40H,1-2H3/b33-29+,34-30+. The third-order valence-electron chi connectivity index (χ3n) is 10.3. The van der Waals surface area contributed by atoms with Crippen LogP contribution in [-0.2, 0) is 0 Å². The minimum Gasteiger partial charge on any atom is -0.496 e. The van der Waals surface area contributed by atoms with Crippen molar-refractivity contribution in [2.45, 2.75) is 0 Å². The van der Waals surface area contributed by atoms with E-state index in [2.05, 4.69) is 206 Å². The van der Waals surface area contributed by atoms with E-state index in [1.54, 1.807) is 14.2 Å². The van der Waals surface area contributed by atoms with Crippen molar-refractivity contribution in [3.63, 3.8) is 0 Å². The van der Waals surface area contributed by atoms with Crippen molar-refractivity contribution in [3.8, 4) is 11.5 Å². The number of benzene rings is 8. The first kappa shape index (κ1) is 37.5. The molecule has 2 nitrogen and oxygen atoms in total. The summed E-state index contributed by atoms with van der Waals surface area (Å²) in [5.41, 5.74) is 13.4. The molecule has 0 bridgehead atoms. The Hall–Kier alpha value is -7.42. The molecule has 0 aliphatic rings. The van der Waals surface area contributed by atoms with E-state index in [1.807, 2.05) is 24.3 Å². The largest absolute Gasteiger partial charge is 0.496 e. The van der Waals surface area contributed by atoms with Crippen LogP contribution in [0.2, 0.25) is 0 Å².